The minimum atomic E-state index is 0.230. The van der Waals surface area contributed by atoms with Gasteiger partial charge in [0.1, 0.15) is 30.6 Å². The Morgan fingerprint density at radius 3 is 1.93 bits per heavy atom. The summed E-state index contributed by atoms with van der Waals surface area (Å²) in [5.74, 6) is 1.58. The lowest BCUT2D eigenvalue weighted by Gasteiger charge is -2.13. The van der Waals surface area contributed by atoms with Gasteiger partial charge in [-0.25, -0.2) is 4.98 Å². The SMILES string of the molecule is N#Cc1c(OCc2ccc(N)cc2)nc(SCc2ccc(N)cc2)nc1-c1ccc(OCc2ccccc2)cc1. The third kappa shape index (κ3) is 6.90. The Kier molecular flexibility index (Phi) is 8.44. The molecule has 0 unspecified atom stereocenters. The smallest absolute Gasteiger partial charge is 0.236 e. The molecule has 5 rings (SSSR count). The summed E-state index contributed by atoms with van der Waals surface area (Å²) in [4.78, 5) is 9.37. The van der Waals surface area contributed by atoms with Crippen molar-refractivity contribution in [2.75, 3.05) is 11.5 Å². The number of anilines is 2. The molecule has 0 atom stereocenters. The predicted octanol–water partition coefficient (Wildman–Crippen LogP) is 6.63. The van der Waals surface area contributed by atoms with Gasteiger partial charge in [-0.1, -0.05) is 66.4 Å². The van der Waals surface area contributed by atoms with Crippen molar-refractivity contribution in [1.29, 1.82) is 5.26 Å². The van der Waals surface area contributed by atoms with Gasteiger partial charge in [-0.2, -0.15) is 10.2 Å². The number of nitrogens with two attached hydrogens (primary N) is 2. The fourth-order valence-corrected chi connectivity index (χ4v) is 4.67. The third-order valence-electron chi connectivity index (χ3n) is 6.05. The van der Waals surface area contributed by atoms with Crippen LogP contribution in [0.4, 0.5) is 11.4 Å². The standard InChI is InChI=1S/C32H27N5O2S/c33-18-29-30(25-10-16-28(17-11-25)38-19-22-4-2-1-3-5-22)36-32(40-21-24-8-14-27(35)15-9-24)37-31(29)39-20-23-6-12-26(34)13-7-23/h1-17H,19-21,34-35H2. The summed E-state index contributed by atoms with van der Waals surface area (Å²) in [5.41, 5.74) is 17.6. The Morgan fingerprint density at radius 2 is 1.27 bits per heavy atom. The molecule has 8 heteroatoms. The van der Waals surface area contributed by atoms with Crippen LogP contribution in [0.3, 0.4) is 0 Å². The molecule has 0 saturated carbocycles. The Labute approximate surface area is 237 Å². The molecule has 0 amide bonds. The van der Waals surface area contributed by atoms with E-state index in [4.69, 9.17) is 25.9 Å². The van der Waals surface area contributed by atoms with Crippen LogP contribution in [-0.2, 0) is 19.0 Å². The molecule has 0 radical (unpaired) electrons. The first-order valence-corrected chi connectivity index (χ1v) is 13.6. The minimum absolute atomic E-state index is 0.230. The fourth-order valence-electron chi connectivity index (χ4n) is 3.88. The lowest BCUT2D eigenvalue weighted by molar-refractivity contribution is 0.290. The zero-order chi connectivity index (χ0) is 27.7. The first-order valence-electron chi connectivity index (χ1n) is 12.6. The summed E-state index contributed by atoms with van der Waals surface area (Å²) in [5, 5.41) is 10.6. The van der Waals surface area contributed by atoms with Gasteiger partial charge in [0.2, 0.25) is 5.88 Å². The summed E-state index contributed by atoms with van der Waals surface area (Å²) < 4.78 is 12.0. The number of nitrogen functional groups attached to an aromatic ring is 2. The van der Waals surface area contributed by atoms with Gasteiger partial charge < -0.3 is 20.9 Å². The van der Waals surface area contributed by atoms with Gasteiger partial charge in [0.15, 0.2) is 5.16 Å². The van der Waals surface area contributed by atoms with Crippen molar-refractivity contribution >= 4 is 23.1 Å². The second-order valence-corrected chi connectivity index (χ2v) is 9.95. The maximum atomic E-state index is 10.1. The summed E-state index contributed by atoms with van der Waals surface area (Å²) in [7, 11) is 0. The second kappa shape index (κ2) is 12.7. The molecule has 4 N–H and O–H groups in total. The lowest BCUT2D eigenvalue weighted by Crippen LogP contribution is -2.04. The third-order valence-corrected chi connectivity index (χ3v) is 6.96. The van der Waals surface area contributed by atoms with E-state index in [0.717, 1.165) is 28.0 Å². The molecular weight excluding hydrogens is 518 g/mol. The van der Waals surface area contributed by atoms with Gasteiger partial charge in [0.25, 0.3) is 0 Å². The maximum Gasteiger partial charge on any atom is 0.236 e. The molecule has 1 heterocycles. The topological polar surface area (TPSA) is 120 Å². The molecule has 1 aromatic heterocycles. The number of hydrogen-bond donors (Lipinski definition) is 2. The first-order chi connectivity index (χ1) is 19.6. The fraction of sp³-hybridized carbons (Fsp3) is 0.0938. The quantitative estimate of drug-likeness (QED) is 0.114. The van der Waals surface area contributed by atoms with Crippen LogP contribution in [0, 0.1) is 11.3 Å². The number of thioether (sulfide) groups is 1. The number of nitrogens with zero attached hydrogens (tertiary/aromatic N) is 3. The molecular formula is C32H27N5O2S. The first kappa shape index (κ1) is 26.6. The van der Waals surface area contributed by atoms with Crippen LogP contribution in [0.5, 0.6) is 11.6 Å². The lowest BCUT2D eigenvalue weighted by atomic mass is 10.1. The molecule has 0 saturated heterocycles. The van der Waals surface area contributed by atoms with E-state index in [1.807, 2.05) is 103 Å². The van der Waals surface area contributed by atoms with Crippen LogP contribution in [0.1, 0.15) is 22.3 Å². The molecule has 5 aromatic rings. The van der Waals surface area contributed by atoms with E-state index in [2.05, 4.69) is 11.1 Å². The largest absolute Gasteiger partial charge is 0.489 e. The van der Waals surface area contributed by atoms with Crippen molar-refractivity contribution in [1.82, 2.24) is 9.97 Å². The Morgan fingerprint density at radius 1 is 0.675 bits per heavy atom. The molecule has 0 fully saturated rings. The van der Waals surface area contributed by atoms with Gasteiger partial charge in [-0.15, -0.1) is 0 Å². The number of ether oxygens (including phenoxy) is 2. The zero-order valence-electron chi connectivity index (χ0n) is 21.7. The highest BCUT2D eigenvalue weighted by molar-refractivity contribution is 7.98. The van der Waals surface area contributed by atoms with E-state index in [-0.39, 0.29) is 18.1 Å². The van der Waals surface area contributed by atoms with Crippen molar-refractivity contribution in [2.45, 2.75) is 24.1 Å². The van der Waals surface area contributed by atoms with Crippen LogP contribution in [0.15, 0.2) is 108 Å². The highest BCUT2D eigenvalue weighted by Gasteiger charge is 2.18. The van der Waals surface area contributed by atoms with Gasteiger partial charge >= 0.3 is 0 Å². The van der Waals surface area contributed by atoms with Gasteiger partial charge in [0, 0.05) is 22.7 Å². The van der Waals surface area contributed by atoms with Gasteiger partial charge in [0.05, 0.1) is 5.69 Å². The van der Waals surface area contributed by atoms with Crippen LogP contribution >= 0.6 is 11.8 Å². The number of rotatable bonds is 10. The van der Waals surface area contributed by atoms with Gasteiger partial charge in [-0.05, 0) is 65.2 Å². The maximum absolute atomic E-state index is 10.1. The van der Waals surface area contributed by atoms with E-state index in [1.165, 1.54) is 11.8 Å². The van der Waals surface area contributed by atoms with E-state index in [0.29, 0.717) is 34.6 Å². The van der Waals surface area contributed by atoms with Crippen LogP contribution in [-0.4, -0.2) is 9.97 Å². The Bertz CT molecular complexity index is 1600. The molecule has 0 spiro atoms. The van der Waals surface area contributed by atoms with Crippen molar-refractivity contribution < 1.29 is 9.47 Å². The molecule has 198 valence electrons. The number of nitriles is 1. The van der Waals surface area contributed by atoms with E-state index in [9.17, 15) is 5.26 Å². The number of hydrogen-bond acceptors (Lipinski definition) is 8. The molecule has 0 bridgehead atoms. The van der Waals surface area contributed by atoms with E-state index in [1.54, 1.807) is 0 Å². The van der Waals surface area contributed by atoms with Crippen molar-refractivity contribution in [3.05, 3.63) is 125 Å². The molecule has 7 nitrogen and oxygen atoms in total. The zero-order valence-corrected chi connectivity index (χ0v) is 22.5. The normalized spacial score (nSPS) is 10.6. The number of aromatic nitrogens is 2. The number of benzene rings is 4. The Balaban J connectivity index is 1.41. The average molecular weight is 546 g/mol. The average Bonchev–Trinajstić information content (AvgIpc) is 3.00. The molecule has 0 aliphatic carbocycles. The van der Waals surface area contributed by atoms with Crippen LogP contribution in [0.2, 0.25) is 0 Å². The molecule has 4 aromatic carbocycles. The molecule has 0 aliphatic rings. The molecule has 40 heavy (non-hydrogen) atoms. The van der Waals surface area contributed by atoms with Crippen molar-refractivity contribution in [3.8, 4) is 29.0 Å². The van der Waals surface area contributed by atoms with Crippen molar-refractivity contribution in [2.24, 2.45) is 0 Å². The van der Waals surface area contributed by atoms with E-state index >= 15 is 0 Å². The van der Waals surface area contributed by atoms with Crippen LogP contribution in [0.25, 0.3) is 11.3 Å². The van der Waals surface area contributed by atoms with E-state index < -0.39 is 0 Å². The van der Waals surface area contributed by atoms with Crippen molar-refractivity contribution in [3.63, 3.8) is 0 Å². The summed E-state index contributed by atoms with van der Waals surface area (Å²) >= 11 is 1.46. The molecule has 0 aliphatic heterocycles. The summed E-state index contributed by atoms with van der Waals surface area (Å²) in [6, 6.07) is 34.8. The second-order valence-electron chi connectivity index (χ2n) is 9.01. The minimum Gasteiger partial charge on any atom is -0.489 e. The Hall–Kier alpha value is -5.00. The van der Waals surface area contributed by atoms with Gasteiger partial charge in [-0.3, -0.25) is 0 Å². The summed E-state index contributed by atoms with van der Waals surface area (Å²) in [6.07, 6.45) is 0. The highest BCUT2D eigenvalue weighted by Crippen LogP contribution is 2.33. The predicted molar refractivity (Wildman–Crippen MR) is 159 cm³/mol. The monoisotopic (exact) mass is 545 g/mol. The highest BCUT2D eigenvalue weighted by atomic mass is 32.2. The van der Waals surface area contributed by atoms with Crippen LogP contribution < -0.4 is 20.9 Å². The summed E-state index contributed by atoms with van der Waals surface area (Å²) in [6.45, 7) is 0.700.